The van der Waals surface area contributed by atoms with Gasteiger partial charge in [-0.15, -0.1) is 0 Å². The van der Waals surface area contributed by atoms with Crippen molar-refractivity contribution in [1.82, 2.24) is 14.3 Å². The molecule has 0 amide bonds. The lowest BCUT2D eigenvalue weighted by atomic mass is 10.2. The Hall–Kier alpha value is -1.00. The van der Waals surface area contributed by atoms with Gasteiger partial charge in [0.15, 0.2) is 0 Å². The van der Waals surface area contributed by atoms with Gasteiger partial charge in [0, 0.05) is 26.7 Å². The zero-order valence-electron chi connectivity index (χ0n) is 12.6. The van der Waals surface area contributed by atoms with Crippen LogP contribution in [0.1, 0.15) is 12.8 Å². The first kappa shape index (κ1) is 17.4. The summed E-state index contributed by atoms with van der Waals surface area (Å²) in [5.74, 6) is 0. The largest absolute Gasteiger partial charge is 0.313 e. The average molecular weight is 347 g/mol. The molecule has 1 unspecified atom stereocenters. The second-order valence-corrected chi connectivity index (χ2v) is 9.33. The summed E-state index contributed by atoms with van der Waals surface area (Å²) < 4.78 is 52.3. The van der Waals surface area contributed by atoms with E-state index in [0.717, 1.165) is 23.7 Å². The molecule has 0 spiro atoms. The summed E-state index contributed by atoms with van der Waals surface area (Å²) in [5.41, 5.74) is 0. The van der Waals surface area contributed by atoms with Gasteiger partial charge >= 0.3 is 0 Å². The molecule has 1 aromatic carbocycles. The van der Waals surface area contributed by atoms with Gasteiger partial charge in [-0.05, 0) is 37.6 Å². The fraction of sp³-hybridized carbons (Fsp3) is 0.538. The van der Waals surface area contributed by atoms with Crippen molar-refractivity contribution in [3.63, 3.8) is 0 Å². The van der Waals surface area contributed by atoms with Gasteiger partial charge in [-0.2, -0.15) is 0 Å². The zero-order chi connectivity index (χ0) is 16.4. The molecule has 1 aliphatic rings. The number of nitrogens with zero attached hydrogens (tertiary/aromatic N) is 1. The van der Waals surface area contributed by atoms with Crippen LogP contribution in [0.2, 0.25) is 0 Å². The van der Waals surface area contributed by atoms with Gasteiger partial charge < -0.3 is 5.32 Å². The van der Waals surface area contributed by atoms with E-state index in [2.05, 4.69) is 10.0 Å². The molecule has 0 bridgehead atoms. The van der Waals surface area contributed by atoms with E-state index in [1.54, 1.807) is 0 Å². The summed E-state index contributed by atoms with van der Waals surface area (Å²) in [6.45, 7) is 1.19. The van der Waals surface area contributed by atoms with E-state index in [9.17, 15) is 16.8 Å². The van der Waals surface area contributed by atoms with Gasteiger partial charge in [-0.3, -0.25) is 0 Å². The van der Waals surface area contributed by atoms with E-state index >= 15 is 0 Å². The smallest absolute Gasteiger partial charge is 0.242 e. The Labute approximate surface area is 131 Å². The minimum atomic E-state index is -3.73. The third kappa shape index (κ3) is 3.85. The lowest BCUT2D eigenvalue weighted by Gasteiger charge is -2.14. The minimum absolute atomic E-state index is 0.0423. The maximum absolute atomic E-state index is 12.3. The summed E-state index contributed by atoms with van der Waals surface area (Å²) in [4.78, 5) is -0.0900. The number of sulfonamides is 2. The van der Waals surface area contributed by atoms with E-state index in [1.165, 1.54) is 38.4 Å². The van der Waals surface area contributed by atoms with Crippen LogP contribution in [-0.2, 0) is 20.0 Å². The molecular formula is C13H21N3O4S2. The van der Waals surface area contributed by atoms with Gasteiger partial charge in [-0.25, -0.2) is 25.9 Å². The van der Waals surface area contributed by atoms with E-state index in [-0.39, 0.29) is 15.8 Å². The molecule has 1 aromatic rings. The van der Waals surface area contributed by atoms with Crippen molar-refractivity contribution < 1.29 is 16.8 Å². The quantitative estimate of drug-likeness (QED) is 0.753. The third-order valence-corrected chi connectivity index (χ3v) is 6.81. The zero-order valence-corrected chi connectivity index (χ0v) is 14.2. The van der Waals surface area contributed by atoms with Crippen LogP contribution in [-0.4, -0.2) is 54.4 Å². The highest BCUT2D eigenvalue weighted by atomic mass is 32.2. The van der Waals surface area contributed by atoms with E-state index in [0.29, 0.717) is 6.54 Å². The van der Waals surface area contributed by atoms with E-state index in [1.807, 2.05) is 0 Å². The highest BCUT2D eigenvalue weighted by Crippen LogP contribution is 2.18. The van der Waals surface area contributed by atoms with Crippen LogP contribution in [0.5, 0.6) is 0 Å². The number of rotatable bonds is 6. The molecule has 2 N–H and O–H groups in total. The van der Waals surface area contributed by atoms with Gasteiger partial charge in [-0.1, -0.05) is 6.07 Å². The molecule has 124 valence electrons. The Morgan fingerprint density at radius 3 is 2.50 bits per heavy atom. The fourth-order valence-electron chi connectivity index (χ4n) is 2.24. The summed E-state index contributed by atoms with van der Waals surface area (Å²) in [6.07, 6.45) is 1.96. The van der Waals surface area contributed by atoms with Crippen LogP contribution in [0.25, 0.3) is 0 Å². The highest BCUT2D eigenvalue weighted by molar-refractivity contribution is 7.90. The second kappa shape index (κ2) is 6.63. The van der Waals surface area contributed by atoms with Gasteiger partial charge in [0.25, 0.3) is 0 Å². The maximum atomic E-state index is 12.3. The van der Waals surface area contributed by atoms with Crippen LogP contribution in [0.4, 0.5) is 0 Å². The van der Waals surface area contributed by atoms with Crippen LogP contribution in [0.15, 0.2) is 34.1 Å². The van der Waals surface area contributed by atoms with Gasteiger partial charge in [0.05, 0.1) is 9.79 Å². The summed E-state index contributed by atoms with van der Waals surface area (Å²) >= 11 is 0. The topological polar surface area (TPSA) is 95.6 Å². The lowest BCUT2D eigenvalue weighted by Crippen LogP contribution is -2.37. The van der Waals surface area contributed by atoms with Crippen LogP contribution in [0, 0.1) is 0 Å². The van der Waals surface area contributed by atoms with Crippen molar-refractivity contribution in [1.29, 1.82) is 0 Å². The minimum Gasteiger partial charge on any atom is -0.313 e. The summed E-state index contributed by atoms with van der Waals surface area (Å²) in [5, 5.41) is 3.20. The van der Waals surface area contributed by atoms with Crippen LogP contribution >= 0.6 is 0 Å². The number of benzene rings is 1. The van der Waals surface area contributed by atoms with Crippen LogP contribution in [0.3, 0.4) is 0 Å². The second-order valence-electron chi connectivity index (χ2n) is 5.41. The van der Waals surface area contributed by atoms with Crippen molar-refractivity contribution in [3.8, 4) is 0 Å². The highest BCUT2D eigenvalue weighted by Gasteiger charge is 2.22. The molecule has 0 saturated carbocycles. The molecule has 0 radical (unpaired) electrons. The predicted octanol–water partition coefficient (Wildman–Crippen LogP) is -0.0328. The molecule has 1 atom stereocenters. The predicted molar refractivity (Wildman–Crippen MR) is 83.5 cm³/mol. The number of nitrogens with one attached hydrogen (secondary N) is 2. The Balaban J connectivity index is 2.20. The van der Waals surface area contributed by atoms with E-state index < -0.39 is 20.0 Å². The standard InChI is InChI=1S/C13H21N3O4S2/c1-16(2)22(19,20)13-7-3-6-12(9-13)21(17,18)15-10-11-5-4-8-14-11/h3,6-7,9,11,14-15H,4-5,8,10H2,1-2H3. The molecule has 7 nitrogen and oxygen atoms in total. The molecule has 1 fully saturated rings. The molecule has 22 heavy (non-hydrogen) atoms. The average Bonchev–Trinajstić information content (AvgIpc) is 2.98. The van der Waals surface area contributed by atoms with E-state index in [4.69, 9.17) is 0 Å². The molecule has 1 saturated heterocycles. The van der Waals surface area contributed by atoms with Crippen molar-refractivity contribution in [2.45, 2.75) is 28.7 Å². The summed E-state index contributed by atoms with van der Waals surface area (Å²) in [6, 6.07) is 5.51. The Kier molecular flexibility index (Phi) is 5.23. The number of hydrogen-bond acceptors (Lipinski definition) is 5. The lowest BCUT2D eigenvalue weighted by molar-refractivity contribution is 0.520. The first-order valence-corrected chi connectivity index (χ1v) is 9.91. The molecule has 0 aliphatic carbocycles. The van der Waals surface area contributed by atoms with Crippen LogP contribution < -0.4 is 10.0 Å². The Bertz CT molecular complexity index is 723. The molecule has 9 heteroatoms. The van der Waals surface area contributed by atoms with Gasteiger partial charge in [0.2, 0.25) is 20.0 Å². The Morgan fingerprint density at radius 2 is 1.91 bits per heavy atom. The third-order valence-electron chi connectivity index (χ3n) is 3.58. The maximum Gasteiger partial charge on any atom is 0.242 e. The normalized spacial score (nSPS) is 19.7. The number of hydrogen-bond donors (Lipinski definition) is 2. The van der Waals surface area contributed by atoms with Crippen molar-refractivity contribution in [2.75, 3.05) is 27.2 Å². The first-order chi connectivity index (χ1) is 10.2. The molecule has 1 heterocycles. The first-order valence-electron chi connectivity index (χ1n) is 6.99. The molecule has 2 rings (SSSR count). The summed E-state index contributed by atoms with van der Waals surface area (Å²) in [7, 11) is -4.58. The SMILES string of the molecule is CN(C)S(=O)(=O)c1cccc(S(=O)(=O)NCC2CCCN2)c1. The fourth-order valence-corrected chi connectivity index (χ4v) is 4.39. The molecule has 0 aromatic heterocycles. The van der Waals surface area contributed by atoms with Crippen molar-refractivity contribution in [2.24, 2.45) is 0 Å². The van der Waals surface area contributed by atoms with Crippen molar-refractivity contribution in [3.05, 3.63) is 24.3 Å². The monoisotopic (exact) mass is 347 g/mol. The molecular weight excluding hydrogens is 326 g/mol. The van der Waals surface area contributed by atoms with Gasteiger partial charge in [0.1, 0.15) is 0 Å². The molecule has 1 aliphatic heterocycles. The Morgan fingerprint density at radius 1 is 1.23 bits per heavy atom. The van der Waals surface area contributed by atoms with Crippen molar-refractivity contribution >= 4 is 20.0 Å².